The smallest absolute Gasteiger partial charge is 0.146 e. The minimum Gasteiger partial charge on any atom is -0.389 e. The van der Waals surface area contributed by atoms with Crippen molar-refractivity contribution in [1.82, 2.24) is 0 Å². The fraction of sp³-hybridized carbons (Fsp3) is 0.926. The van der Waals surface area contributed by atoms with Crippen LogP contribution in [0.3, 0.4) is 0 Å². The number of unbranched alkanes of at least 4 members (excludes halogenated alkanes) is 9. The molecule has 0 aromatic heterocycles. The van der Waals surface area contributed by atoms with Gasteiger partial charge in [-0.05, 0) is 19.3 Å². The number of hydrogen-bond acceptors (Lipinski definition) is 7. The van der Waals surface area contributed by atoms with Crippen LogP contribution in [-0.2, 0) is 28.4 Å². The zero-order valence-electron chi connectivity index (χ0n) is 22.3. The summed E-state index contributed by atoms with van der Waals surface area (Å²) in [5.74, 6) is 2.50. The van der Waals surface area contributed by atoms with Crippen LogP contribution in [0.4, 0.5) is 0 Å². The summed E-state index contributed by atoms with van der Waals surface area (Å²) in [7, 11) is 4.77. The molecular formula is C27H52O7. The third kappa shape index (κ3) is 18.6. The van der Waals surface area contributed by atoms with Crippen molar-refractivity contribution >= 4 is 0 Å². The van der Waals surface area contributed by atoms with Crippen LogP contribution in [-0.4, -0.2) is 71.2 Å². The van der Waals surface area contributed by atoms with E-state index < -0.39 is 12.2 Å². The summed E-state index contributed by atoms with van der Waals surface area (Å²) in [4.78, 5) is 0. The molecule has 0 aliphatic carbocycles. The monoisotopic (exact) mass is 488 g/mol. The minimum absolute atomic E-state index is 0.0953. The average Bonchev–Trinajstić information content (AvgIpc) is 2.84. The van der Waals surface area contributed by atoms with Crippen molar-refractivity contribution in [3.05, 3.63) is 0 Å². The van der Waals surface area contributed by atoms with Crippen LogP contribution in [0.25, 0.3) is 0 Å². The lowest BCUT2D eigenvalue weighted by Gasteiger charge is -2.29. The quantitative estimate of drug-likeness (QED) is 0.0988. The third-order valence-corrected chi connectivity index (χ3v) is 5.95. The first-order valence-corrected chi connectivity index (χ1v) is 13.1. The molecule has 4 atom stereocenters. The number of hydrogen-bond donors (Lipinski definition) is 1. The van der Waals surface area contributed by atoms with Crippen LogP contribution in [0, 0.1) is 12.3 Å². The highest BCUT2D eigenvalue weighted by Crippen LogP contribution is 2.22. The Morgan fingerprint density at radius 1 is 0.618 bits per heavy atom. The summed E-state index contributed by atoms with van der Waals surface area (Å²) in [6, 6.07) is 0. The van der Waals surface area contributed by atoms with Gasteiger partial charge in [-0.15, -0.1) is 12.3 Å². The van der Waals surface area contributed by atoms with Gasteiger partial charge in [0.2, 0.25) is 0 Å². The van der Waals surface area contributed by atoms with Crippen LogP contribution in [0.15, 0.2) is 0 Å². The topological polar surface area (TPSA) is 75.6 Å². The Labute approximate surface area is 209 Å². The van der Waals surface area contributed by atoms with E-state index in [0.717, 1.165) is 12.8 Å². The van der Waals surface area contributed by atoms with E-state index in [0.29, 0.717) is 12.8 Å². The summed E-state index contributed by atoms with van der Waals surface area (Å²) in [6.07, 6.45) is 19.0. The van der Waals surface area contributed by atoms with Gasteiger partial charge in [0.25, 0.3) is 0 Å². The number of ether oxygens (including phenoxy) is 6. The predicted molar refractivity (Wildman–Crippen MR) is 135 cm³/mol. The van der Waals surface area contributed by atoms with E-state index in [-0.39, 0.29) is 39.0 Å². The first-order valence-electron chi connectivity index (χ1n) is 13.1. The Morgan fingerprint density at radius 2 is 1.03 bits per heavy atom. The Balaban J connectivity index is 4.67. The first kappa shape index (κ1) is 33.3. The van der Waals surface area contributed by atoms with E-state index in [1.165, 1.54) is 57.8 Å². The normalized spacial score (nSPS) is 15.1. The lowest BCUT2D eigenvalue weighted by molar-refractivity contribution is -0.167. The van der Waals surface area contributed by atoms with Crippen LogP contribution in [0.1, 0.15) is 96.8 Å². The molecular weight excluding hydrogens is 436 g/mol. The first-order chi connectivity index (χ1) is 16.6. The summed E-state index contributed by atoms with van der Waals surface area (Å²) < 4.78 is 33.0. The standard InChI is InChI=1S/C27H52O7/c1-6-8-9-10-11-12-13-14-15-16-18-26(33-22-30-4)27(34-23-31-5)20-19-25(32-21-29-3)24(28)17-7-2/h2,24-28H,6,8-23H2,1,3-5H3/t24-,25-,26+,27+/m1/s1. The van der Waals surface area contributed by atoms with E-state index >= 15 is 0 Å². The molecule has 0 unspecified atom stereocenters. The highest BCUT2D eigenvalue weighted by Gasteiger charge is 2.27. The van der Waals surface area contributed by atoms with E-state index in [9.17, 15) is 5.11 Å². The van der Waals surface area contributed by atoms with E-state index in [4.69, 9.17) is 34.8 Å². The second-order valence-corrected chi connectivity index (χ2v) is 8.86. The molecule has 0 bridgehead atoms. The maximum atomic E-state index is 10.4. The SMILES string of the molecule is C#CC[C@@H](O)[C@@H](CC[C@H](OCOC)[C@H](CCCCCCCCCCCC)OCOC)OCOC. The maximum absolute atomic E-state index is 10.4. The van der Waals surface area contributed by atoms with Gasteiger partial charge in [0.15, 0.2) is 0 Å². The van der Waals surface area contributed by atoms with E-state index in [2.05, 4.69) is 12.8 Å². The van der Waals surface area contributed by atoms with Crippen LogP contribution >= 0.6 is 0 Å². The number of aliphatic hydroxyl groups is 1. The Kier molecular flexibility index (Phi) is 24.8. The van der Waals surface area contributed by atoms with Gasteiger partial charge in [-0.3, -0.25) is 0 Å². The molecule has 0 saturated heterocycles. The molecule has 0 aromatic carbocycles. The molecule has 0 aliphatic rings. The summed E-state index contributed by atoms with van der Waals surface area (Å²) >= 11 is 0. The number of terminal acetylenes is 1. The Morgan fingerprint density at radius 3 is 1.50 bits per heavy atom. The molecule has 0 spiro atoms. The molecule has 7 heteroatoms. The molecule has 0 rings (SSSR count). The van der Waals surface area contributed by atoms with Gasteiger partial charge < -0.3 is 33.5 Å². The molecule has 0 aromatic rings. The lowest BCUT2D eigenvalue weighted by atomic mass is 9.97. The van der Waals surface area contributed by atoms with Crippen molar-refractivity contribution in [2.45, 2.75) is 121 Å². The molecule has 1 N–H and O–H groups in total. The van der Waals surface area contributed by atoms with Gasteiger partial charge in [0.1, 0.15) is 20.4 Å². The number of methoxy groups -OCH3 is 3. The van der Waals surface area contributed by atoms with Gasteiger partial charge >= 0.3 is 0 Å². The van der Waals surface area contributed by atoms with Crippen LogP contribution in [0.2, 0.25) is 0 Å². The second-order valence-electron chi connectivity index (χ2n) is 8.86. The molecule has 0 fully saturated rings. The Hall–Kier alpha value is -0.720. The molecule has 0 aliphatic heterocycles. The zero-order chi connectivity index (χ0) is 25.3. The summed E-state index contributed by atoms with van der Waals surface area (Å²) in [5.41, 5.74) is 0. The van der Waals surface area contributed by atoms with E-state index in [1.807, 2.05) is 0 Å². The van der Waals surface area contributed by atoms with Gasteiger partial charge in [-0.2, -0.15) is 0 Å². The van der Waals surface area contributed by atoms with Crippen LogP contribution in [0.5, 0.6) is 0 Å². The Bertz CT molecular complexity index is 455. The van der Waals surface area contributed by atoms with Gasteiger partial charge in [-0.1, -0.05) is 71.1 Å². The summed E-state index contributed by atoms with van der Waals surface area (Å²) in [5, 5.41) is 10.4. The van der Waals surface area contributed by atoms with E-state index in [1.54, 1.807) is 21.3 Å². The van der Waals surface area contributed by atoms with Crippen molar-refractivity contribution in [3.63, 3.8) is 0 Å². The number of aliphatic hydroxyl groups excluding tert-OH is 1. The van der Waals surface area contributed by atoms with Crippen molar-refractivity contribution in [2.24, 2.45) is 0 Å². The minimum atomic E-state index is -0.761. The van der Waals surface area contributed by atoms with Gasteiger partial charge in [0.05, 0.1) is 24.4 Å². The molecule has 202 valence electrons. The van der Waals surface area contributed by atoms with Gasteiger partial charge in [-0.25, -0.2) is 0 Å². The highest BCUT2D eigenvalue weighted by atomic mass is 16.7. The van der Waals surface area contributed by atoms with Crippen molar-refractivity contribution in [1.29, 1.82) is 0 Å². The zero-order valence-corrected chi connectivity index (χ0v) is 22.3. The predicted octanol–water partition coefficient (Wildman–Crippen LogP) is 5.43. The molecule has 0 radical (unpaired) electrons. The van der Waals surface area contributed by atoms with Crippen LogP contribution < -0.4 is 0 Å². The largest absolute Gasteiger partial charge is 0.389 e. The average molecular weight is 489 g/mol. The van der Waals surface area contributed by atoms with Crippen molar-refractivity contribution in [2.75, 3.05) is 41.7 Å². The fourth-order valence-electron chi connectivity index (χ4n) is 4.02. The van der Waals surface area contributed by atoms with Crippen molar-refractivity contribution in [3.8, 4) is 12.3 Å². The molecule has 34 heavy (non-hydrogen) atoms. The fourth-order valence-corrected chi connectivity index (χ4v) is 4.02. The number of rotatable bonds is 26. The van der Waals surface area contributed by atoms with Crippen molar-refractivity contribution < 1.29 is 33.5 Å². The summed E-state index contributed by atoms with van der Waals surface area (Å²) in [6.45, 7) is 2.73. The molecule has 0 saturated carbocycles. The third-order valence-electron chi connectivity index (χ3n) is 5.95. The lowest BCUT2D eigenvalue weighted by Crippen LogP contribution is -2.36. The highest BCUT2D eigenvalue weighted by molar-refractivity contribution is 4.90. The molecule has 0 heterocycles. The maximum Gasteiger partial charge on any atom is 0.146 e. The van der Waals surface area contributed by atoms with Gasteiger partial charge in [0, 0.05) is 27.8 Å². The molecule has 0 amide bonds. The molecule has 7 nitrogen and oxygen atoms in total. The second kappa shape index (κ2) is 25.4.